The summed E-state index contributed by atoms with van der Waals surface area (Å²) in [5, 5.41) is 7.17. The molecule has 0 spiro atoms. The highest BCUT2D eigenvalue weighted by Gasteiger charge is 2.26. The third kappa shape index (κ3) is 5.33. The van der Waals surface area contributed by atoms with Gasteiger partial charge in [-0.15, -0.1) is 0 Å². The van der Waals surface area contributed by atoms with Gasteiger partial charge in [-0.25, -0.2) is 0 Å². The molecule has 4 rings (SSSR count). The number of anilines is 1. The van der Waals surface area contributed by atoms with Crippen molar-refractivity contribution in [3.05, 3.63) is 65.9 Å². The lowest BCUT2D eigenvalue weighted by atomic mass is 10.0. The lowest BCUT2D eigenvalue weighted by Crippen LogP contribution is -2.28. The number of rotatable bonds is 6. The van der Waals surface area contributed by atoms with E-state index in [-0.39, 0.29) is 11.9 Å². The minimum atomic E-state index is -0.0571. The maximum atomic E-state index is 11.2. The van der Waals surface area contributed by atoms with Crippen molar-refractivity contribution >= 4 is 11.6 Å². The molecule has 162 valence electrons. The van der Waals surface area contributed by atoms with Crippen LogP contribution < -0.4 is 10.1 Å². The number of hydrogen-bond acceptors (Lipinski definition) is 5. The van der Waals surface area contributed by atoms with Crippen LogP contribution in [0.3, 0.4) is 0 Å². The molecule has 2 heterocycles. The van der Waals surface area contributed by atoms with Crippen LogP contribution in [-0.4, -0.2) is 29.6 Å². The van der Waals surface area contributed by atoms with Crippen LogP contribution in [0.2, 0.25) is 0 Å². The molecule has 0 aliphatic carbocycles. The Balaban J connectivity index is 1.51. The number of benzene rings is 2. The van der Waals surface area contributed by atoms with Gasteiger partial charge >= 0.3 is 0 Å². The Morgan fingerprint density at radius 3 is 2.61 bits per heavy atom. The van der Waals surface area contributed by atoms with E-state index in [0.29, 0.717) is 0 Å². The summed E-state index contributed by atoms with van der Waals surface area (Å²) in [5.41, 5.74) is 3.91. The lowest BCUT2D eigenvalue weighted by Gasteiger charge is -2.28. The highest BCUT2D eigenvalue weighted by Crippen LogP contribution is 2.34. The molecule has 1 amide bonds. The van der Waals surface area contributed by atoms with E-state index in [1.165, 1.54) is 31.7 Å². The molecule has 6 heteroatoms. The van der Waals surface area contributed by atoms with Gasteiger partial charge in [-0.05, 0) is 61.3 Å². The Kier molecular flexibility index (Phi) is 6.67. The Bertz CT molecular complexity index is 996. The summed E-state index contributed by atoms with van der Waals surface area (Å²) in [6.45, 7) is 3.38. The van der Waals surface area contributed by atoms with Crippen molar-refractivity contribution in [1.82, 2.24) is 10.1 Å². The molecule has 31 heavy (non-hydrogen) atoms. The van der Waals surface area contributed by atoms with Crippen LogP contribution in [0.15, 0.2) is 59.1 Å². The molecule has 1 saturated heterocycles. The first kappa shape index (κ1) is 21.1. The summed E-state index contributed by atoms with van der Waals surface area (Å²) in [4.78, 5) is 13.7. The van der Waals surface area contributed by atoms with E-state index in [1.54, 1.807) is 7.11 Å². The molecule has 0 unspecified atom stereocenters. The number of likely N-dealkylation sites (tertiary alicyclic amines) is 1. The average molecular weight is 420 g/mol. The molecule has 1 aliphatic heterocycles. The topological polar surface area (TPSA) is 67.6 Å². The van der Waals surface area contributed by atoms with Gasteiger partial charge in [-0.1, -0.05) is 30.1 Å². The molecule has 1 atom stereocenters. The highest BCUT2D eigenvalue weighted by atomic mass is 16.5. The van der Waals surface area contributed by atoms with Crippen LogP contribution in [0.4, 0.5) is 5.69 Å². The highest BCUT2D eigenvalue weighted by molar-refractivity contribution is 5.88. The number of methoxy groups -OCH3 is 1. The maximum absolute atomic E-state index is 11.2. The number of ether oxygens (including phenoxy) is 1. The van der Waals surface area contributed by atoms with E-state index in [4.69, 9.17) is 9.26 Å². The molecule has 1 aliphatic rings. The third-order valence-corrected chi connectivity index (χ3v) is 5.77. The van der Waals surface area contributed by atoms with E-state index in [0.717, 1.165) is 48.0 Å². The van der Waals surface area contributed by atoms with Crippen LogP contribution in [0.25, 0.3) is 11.3 Å². The summed E-state index contributed by atoms with van der Waals surface area (Å²) in [7, 11) is 1.66. The summed E-state index contributed by atoms with van der Waals surface area (Å²) in [5.74, 6) is 1.69. The fourth-order valence-corrected chi connectivity index (χ4v) is 4.15. The predicted octanol–water partition coefficient (Wildman–Crippen LogP) is 5.43. The van der Waals surface area contributed by atoms with E-state index in [2.05, 4.69) is 33.6 Å². The van der Waals surface area contributed by atoms with Gasteiger partial charge in [-0.2, -0.15) is 0 Å². The largest absolute Gasteiger partial charge is 0.497 e. The normalized spacial score (nSPS) is 17.2. The van der Waals surface area contributed by atoms with Gasteiger partial charge in [-0.3, -0.25) is 9.69 Å². The lowest BCUT2D eigenvalue weighted by molar-refractivity contribution is -0.114. The quantitative estimate of drug-likeness (QED) is 0.577. The Morgan fingerprint density at radius 2 is 1.90 bits per heavy atom. The van der Waals surface area contributed by atoms with Crippen molar-refractivity contribution in [3.63, 3.8) is 0 Å². The number of carbonyl (C=O) groups is 1. The summed E-state index contributed by atoms with van der Waals surface area (Å²) < 4.78 is 11.1. The zero-order valence-electron chi connectivity index (χ0n) is 18.1. The molecule has 6 nitrogen and oxygen atoms in total. The smallest absolute Gasteiger partial charge is 0.221 e. The van der Waals surface area contributed by atoms with Gasteiger partial charge < -0.3 is 14.6 Å². The van der Waals surface area contributed by atoms with Gasteiger partial charge in [0.1, 0.15) is 11.4 Å². The zero-order chi connectivity index (χ0) is 21.6. The minimum absolute atomic E-state index is 0.0571. The zero-order valence-corrected chi connectivity index (χ0v) is 18.1. The molecule has 1 aromatic heterocycles. The van der Waals surface area contributed by atoms with Crippen molar-refractivity contribution in [2.45, 2.75) is 45.2 Å². The van der Waals surface area contributed by atoms with Crippen molar-refractivity contribution in [2.24, 2.45) is 0 Å². The first-order valence-corrected chi connectivity index (χ1v) is 10.8. The molecule has 2 aromatic carbocycles. The maximum Gasteiger partial charge on any atom is 0.221 e. The number of nitrogens with one attached hydrogen (secondary N) is 1. The first-order chi connectivity index (χ1) is 15.1. The summed E-state index contributed by atoms with van der Waals surface area (Å²) in [6.07, 6.45) is 4.65. The fourth-order valence-electron chi connectivity index (χ4n) is 4.15. The molecule has 0 bridgehead atoms. The van der Waals surface area contributed by atoms with Crippen LogP contribution in [0.5, 0.6) is 5.75 Å². The fraction of sp³-hybridized carbons (Fsp3) is 0.360. The van der Waals surface area contributed by atoms with Crippen LogP contribution >= 0.6 is 0 Å². The van der Waals surface area contributed by atoms with Crippen molar-refractivity contribution < 1.29 is 14.1 Å². The number of nitrogens with zero attached hydrogens (tertiary/aromatic N) is 2. The molecule has 0 saturated carbocycles. The summed E-state index contributed by atoms with van der Waals surface area (Å²) in [6, 6.07) is 18.2. The predicted molar refractivity (Wildman–Crippen MR) is 121 cm³/mol. The second-order valence-electron chi connectivity index (χ2n) is 8.06. The van der Waals surface area contributed by atoms with E-state index < -0.39 is 0 Å². The SMILES string of the molecule is COc1ccc(-c2cc([C@@H]3CCCCCN3Cc3ccc(NC(C)=O)cc3)on2)cc1. The molecular weight excluding hydrogens is 390 g/mol. The number of aromatic nitrogens is 1. The second-order valence-corrected chi connectivity index (χ2v) is 8.06. The van der Waals surface area contributed by atoms with Gasteiger partial charge in [0.2, 0.25) is 5.91 Å². The van der Waals surface area contributed by atoms with E-state index in [1.807, 2.05) is 36.4 Å². The van der Waals surface area contributed by atoms with E-state index >= 15 is 0 Å². The minimum Gasteiger partial charge on any atom is -0.497 e. The van der Waals surface area contributed by atoms with Crippen LogP contribution in [0.1, 0.15) is 50.0 Å². The molecule has 0 radical (unpaired) electrons. The summed E-state index contributed by atoms with van der Waals surface area (Å²) >= 11 is 0. The molecule has 1 N–H and O–H groups in total. The molecule has 3 aromatic rings. The number of carbonyl (C=O) groups excluding carboxylic acids is 1. The Labute approximate surface area is 183 Å². The van der Waals surface area contributed by atoms with Crippen molar-refractivity contribution in [2.75, 3.05) is 19.0 Å². The van der Waals surface area contributed by atoms with Crippen LogP contribution in [-0.2, 0) is 11.3 Å². The molecule has 1 fully saturated rings. The number of hydrogen-bond donors (Lipinski definition) is 1. The second kappa shape index (κ2) is 9.79. The first-order valence-electron chi connectivity index (χ1n) is 10.8. The van der Waals surface area contributed by atoms with E-state index in [9.17, 15) is 4.79 Å². The third-order valence-electron chi connectivity index (χ3n) is 5.77. The Morgan fingerprint density at radius 1 is 1.13 bits per heavy atom. The van der Waals surface area contributed by atoms with Gasteiger partial charge in [0.15, 0.2) is 5.76 Å². The molecular formula is C25H29N3O3. The number of amides is 1. The van der Waals surface area contributed by atoms with Crippen LogP contribution in [0, 0.1) is 0 Å². The van der Waals surface area contributed by atoms with Gasteiger partial charge in [0.05, 0.1) is 13.2 Å². The van der Waals surface area contributed by atoms with Crippen molar-refractivity contribution in [1.29, 1.82) is 0 Å². The van der Waals surface area contributed by atoms with Gasteiger partial charge in [0.25, 0.3) is 0 Å². The Hall–Kier alpha value is -3.12. The van der Waals surface area contributed by atoms with Crippen molar-refractivity contribution in [3.8, 4) is 17.0 Å². The monoisotopic (exact) mass is 419 g/mol. The average Bonchev–Trinajstić information content (AvgIpc) is 3.15. The standard InChI is InChI=1S/C25H29N3O3/c1-18(29)26-21-11-7-19(8-12-21)17-28-15-5-3-4-6-24(28)25-16-23(27-31-25)20-9-13-22(30-2)14-10-20/h7-14,16,24H,3-6,15,17H2,1-2H3,(H,26,29)/t24-/m0/s1. The van der Waals surface area contributed by atoms with Gasteiger partial charge in [0, 0.05) is 30.8 Å².